The minimum Gasteiger partial charge on any atom is -0.360 e. The lowest BCUT2D eigenvalue weighted by atomic mass is 10.4. The van der Waals surface area contributed by atoms with Crippen LogP contribution in [0.3, 0.4) is 0 Å². The molecule has 0 saturated heterocycles. The van der Waals surface area contributed by atoms with Crippen molar-refractivity contribution in [1.82, 2.24) is 15.0 Å². The average molecular weight is 219 g/mol. The molecule has 4 heteroatoms. The third-order valence-electron chi connectivity index (χ3n) is 2.48. The van der Waals surface area contributed by atoms with Crippen LogP contribution in [0.5, 0.6) is 0 Å². The summed E-state index contributed by atoms with van der Waals surface area (Å²) in [5.74, 6) is 0.869. The fraction of sp³-hybridized carbons (Fsp3) is 0.417. The molecule has 0 aliphatic heterocycles. The quantitative estimate of drug-likeness (QED) is 0.809. The molecule has 0 bridgehead atoms. The maximum atomic E-state index is 5.01. The predicted molar refractivity (Wildman–Crippen MR) is 61.8 cm³/mol. The van der Waals surface area contributed by atoms with Crippen LogP contribution in [0.2, 0.25) is 0 Å². The van der Waals surface area contributed by atoms with Crippen LogP contribution in [-0.2, 0) is 19.6 Å². The molecule has 0 spiro atoms. The first kappa shape index (κ1) is 11.0. The molecule has 2 aromatic rings. The van der Waals surface area contributed by atoms with Gasteiger partial charge in [0.05, 0.1) is 12.7 Å². The zero-order chi connectivity index (χ0) is 11.2. The first-order chi connectivity index (χ1) is 7.90. The summed E-state index contributed by atoms with van der Waals surface area (Å²) < 4.78 is 7.28. The normalized spacial score (nSPS) is 10.8. The Kier molecular flexibility index (Phi) is 3.77. The fourth-order valence-corrected chi connectivity index (χ4v) is 1.72. The molecule has 1 N–H and O–H groups in total. The minimum atomic E-state index is 0.720. The standard InChI is InChI=1S/C12H17N3O/c1-2-7-15-8-3-4-11(15)9-13-10-12-5-6-14-16-12/h3-6,8,13H,2,7,9-10H2,1H3. The van der Waals surface area contributed by atoms with Crippen LogP contribution >= 0.6 is 0 Å². The summed E-state index contributed by atoms with van der Waals surface area (Å²) in [6.45, 7) is 4.84. The second kappa shape index (κ2) is 5.51. The Balaban J connectivity index is 1.82. The van der Waals surface area contributed by atoms with Gasteiger partial charge >= 0.3 is 0 Å². The number of nitrogens with zero attached hydrogens (tertiary/aromatic N) is 2. The van der Waals surface area contributed by atoms with Gasteiger partial charge in [-0.25, -0.2) is 0 Å². The fourth-order valence-electron chi connectivity index (χ4n) is 1.72. The van der Waals surface area contributed by atoms with Crippen LogP contribution in [0.1, 0.15) is 24.8 Å². The summed E-state index contributed by atoms with van der Waals surface area (Å²) in [6, 6.07) is 6.10. The molecule has 16 heavy (non-hydrogen) atoms. The minimum absolute atomic E-state index is 0.720. The highest BCUT2D eigenvalue weighted by Crippen LogP contribution is 2.04. The van der Waals surface area contributed by atoms with Crippen molar-refractivity contribution < 1.29 is 4.52 Å². The van der Waals surface area contributed by atoms with Gasteiger partial charge in [0.15, 0.2) is 0 Å². The van der Waals surface area contributed by atoms with E-state index in [2.05, 4.69) is 40.3 Å². The Hall–Kier alpha value is -1.55. The lowest BCUT2D eigenvalue weighted by molar-refractivity contribution is 0.372. The van der Waals surface area contributed by atoms with Crippen molar-refractivity contribution in [3.8, 4) is 0 Å². The monoisotopic (exact) mass is 219 g/mol. The molecule has 86 valence electrons. The van der Waals surface area contributed by atoms with Gasteiger partial charge in [0.1, 0.15) is 5.76 Å². The van der Waals surface area contributed by atoms with Crippen molar-refractivity contribution in [3.63, 3.8) is 0 Å². The summed E-state index contributed by atoms with van der Waals surface area (Å²) in [5, 5.41) is 7.00. The lowest BCUT2D eigenvalue weighted by Crippen LogP contribution is -2.15. The molecular weight excluding hydrogens is 202 g/mol. The molecule has 0 aliphatic carbocycles. The molecule has 0 saturated carbocycles. The van der Waals surface area contributed by atoms with Gasteiger partial charge in [0.2, 0.25) is 0 Å². The molecule has 0 amide bonds. The number of aryl methyl sites for hydroxylation is 1. The first-order valence-corrected chi connectivity index (χ1v) is 5.64. The summed E-state index contributed by atoms with van der Waals surface area (Å²) in [6.07, 6.45) is 4.94. The van der Waals surface area contributed by atoms with Crippen LogP contribution in [0.4, 0.5) is 0 Å². The Bertz CT molecular complexity index is 406. The number of hydrogen-bond acceptors (Lipinski definition) is 3. The summed E-state index contributed by atoms with van der Waals surface area (Å²) in [5.41, 5.74) is 1.31. The van der Waals surface area contributed by atoms with Crippen molar-refractivity contribution in [2.75, 3.05) is 0 Å². The highest BCUT2D eigenvalue weighted by atomic mass is 16.5. The molecular formula is C12H17N3O. The van der Waals surface area contributed by atoms with E-state index < -0.39 is 0 Å². The zero-order valence-corrected chi connectivity index (χ0v) is 9.52. The summed E-state index contributed by atoms with van der Waals surface area (Å²) in [7, 11) is 0. The van der Waals surface area contributed by atoms with E-state index in [1.54, 1.807) is 6.20 Å². The van der Waals surface area contributed by atoms with E-state index in [9.17, 15) is 0 Å². The topological polar surface area (TPSA) is 43.0 Å². The third-order valence-corrected chi connectivity index (χ3v) is 2.48. The Labute approximate surface area is 95.2 Å². The number of nitrogens with one attached hydrogen (secondary N) is 1. The van der Waals surface area contributed by atoms with E-state index in [1.165, 1.54) is 5.69 Å². The van der Waals surface area contributed by atoms with E-state index in [1.807, 2.05) is 6.07 Å². The number of hydrogen-bond donors (Lipinski definition) is 1. The van der Waals surface area contributed by atoms with Crippen molar-refractivity contribution >= 4 is 0 Å². The molecule has 0 aliphatic rings. The summed E-state index contributed by atoms with van der Waals surface area (Å²) in [4.78, 5) is 0. The predicted octanol–water partition coefficient (Wildman–Crippen LogP) is 2.18. The van der Waals surface area contributed by atoms with Crippen molar-refractivity contribution in [2.45, 2.75) is 33.0 Å². The van der Waals surface area contributed by atoms with Gasteiger partial charge in [-0.1, -0.05) is 12.1 Å². The van der Waals surface area contributed by atoms with Crippen molar-refractivity contribution in [3.05, 3.63) is 42.0 Å². The van der Waals surface area contributed by atoms with Crippen LogP contribution in [-0.4, -0.2) is 9.72 Å². The van der Waals surface area contributed by atoms with Crippen LogP contribution in [0, 0.1) is 0 Å². The van der Waals surface area contributed by atoms with Gasteiger partial charge in [0, 0.05) is 31.0 Å². The summed E-state index contributed by atoms with van der Waals surface area (Å²) >= 11 is 0. The number of aromatic nitrogens is 2. The maximum Gasteiger partial charge on any atom is 0.150 e. The zero-order valence-electron chi connectivity index (χ0n) is 9.52. The molecule has 0 radical (unpaired) electrons. The van der Waals surface area contributed by atoms with Crippen LogP contribution in [0.25, 0.3) is 0 Å². The highest BCUT2D eigenvalue weighted by molar-refractivity contribution is 5.07. The Morgan fingerprint density at radius 3 is 3.06 bits per heavy atom. The molecule has 2 rings (SSSR count). The van der Waals surface area contributed by atoms with Crippen molar-refractivity contribution in [1.29, 1.82) is 0 Å². The van der Waals surface area contributed by atoms with Crippen molar-refractivity contribution in [2.24, 2.45) is 0 Å². The van der Waals surface area contributed by atoms with Gasteiger partial charge in [-0.3, -0.25) is 0 Å². The van der Waals surface area contributed by atoms with E-state index in [-0.39, 0.29) is 0 Å². The second-order valence-electron chi connectivity index (χ2n) is 3.78. The van der Waals surface area contributed by atoms with Gasteiger partial charge < -0.3 is 14.4 Å². The molecule has 0 aromatic carbocycles. The maximum absolute atomic E-state index is 5.01. The molecule has 0 fully saturated rings. The van der Waals surface area contributed by atoms with Crippen LogP contribution in [0.15, 0.2) is 35.1 Å². The second-order valence-corrected chi connectivity index (χ2v) is 3.78. The van der Waals surface area contributed by atoms with E-state index in [4.69, 9.17) is 4.52 Å². The largest absolute Gasteiger partial charge is 0.360 e. The van der Waals surface area contributed by atoms with Gasteiger partial charge in [0.25, 0.3) is 0 Å². The van der Waals surface area contributed by atoms with E-state index in [0.717, 1.165) is 31.8 Å². The molecule has 0 atom stereocenters. The third kappa shape index (κ3) is 2.73. The molecule has 4 nitrogen and oxygen atoms in total. The highest BCUT2D eigenvalue weighted by Gasteiger charge is 2.00. The molecule has 0 unspecified atom stereocenters. The van der Waals surface area contributed by atoms with Gasteiger partial charge in [-0.15, -0.1) is 0 Å². The number of rotatable bonds is 6. The van der Waals surface area contributed by atoms with Crippen LogP contribution < -0.4 is 5.32 Å². The molecule has 2 aromatic heterocycles. The first-order valence-electron chi connectivity index (χ1n) is 5.64. The Morgan fingerprint density at radius 1 is 1.38 bits per heavy atom. The van der Waals surface area contributed by atoms with Gasteiger partial charge in [-0.2, -0.15) is 0 Å². The average Bonchev–Trinajstić information content (AvgIpc) is 2.91. The van der Waals surface area contributed by atoms with E-state index >= 15 is 0 Å². The Morgan fingerprint density at radius 2 is 2.31 bits per heavy atom. The van der Waals surface area contributed by atoms with E-state index in [0.29, 0.717) is 0 Å². The SMILES string of the molecule is CCCn1cccc1CNCc1ccno1. The lowest BCUT2D eigenvalue weighted by Gasteiger charge is -2.08. The smallest absolute Gasteiger partial charge is 0.150 e. The van der Waals surface area contributed by atoms with Gasteiger partial charge in [-0.05, 0) is 18.6 Å². The molecule has 2 heterocycles.